The van der Waals surface area contributed by atoms with Gasteiger partial charge in [0.15, 0.2) is 0 Å². The van der Waals surface area contributed by atoms with Gasteiger partial charge in [0.05, 0.1) is 36.3 Å². The maximum Gasteiger partial charge on any atom is 0.275 e. The van der Waals surface area contributed by atoms with Gasteiger partial charge in [0.1, 0.15) is 0 Å². The highest BCUT2D eigenvalue weighted by Crippen LogP contribution is 2.13. The maximum absolute atomic E-state index is 12.8. The van der Waals surface area contributed by atoms with E-state index >= 15 is 0 Å². The van der Waals surface area contributed by atoms with Crippen LogP contribution in [0.4, 0.5) is 0 Å². The Morgan fingerprint density at radius 2 is 1.62 bits per heavy atom. The van der Waals surface area contributed by atoms with Crippen LogP contribution in [0.2, 0.25) is 0 Å². The lowest BCUT2D eigenvalue weighted by Gasteiger charge is -2.12. The number of carbonyl (C=O) groups excluding carboxylic acids is 1. The number of fused-ring (bicyclic) bond motifs is 1. The fourth-order valence-corrected chi connectivity index (χ4v) is 3.21. The number of hydrogen-bond acceptors (Lipinski definition) is 4. The predicted octanol–water partition coefficient (Wildman–Crippen LogP) is 2.70. The van der Waals surface area contributed by atoms with Gasteiger partial charge in [-0.2, -0.15) is 5.10 Å². The highest BCUT2D eigenvalue weighted by Gasteiger charge is 2.12. The molecule has 4 aromatic rings. The second kappa shape index (κ2) is 8.48. The summed E-state index contributed by atoms with van der Waals surface area (Å²) in [4.78, 5) is 29.5. The SMILES string of the molecule is O=C(Cc1ccccc1)NCc1nn(Cc2ccccn2)c(=O)c2ccccc12. The molecule has 0 aliphatic carbocycles. The van der Waals surface area contributed by atoms with Crippen molar-refractivity contribution in [2.45, 2.75) is 19.5 Å². The Kier molecular flexibility index (Phi) is 5.42. The number of benzene rings is 2. The molecule has 2 aromatic carbocycles. The molecule has 0 aliphatic rings. The van der Waals surface area contributed by atoms with E-state index in [1.807, 2.05) is 66.7 Å². The summed E-state index contributed by atoms with van der Waals surface area (Å²) in [6, 6.07) is 22.4. The lowest BCUT2D eigenvalue weighted by molar-refractivity contribution is -0.120. The van der Waals surface area contributed by atoms with Gasteiger partial charge in [-0.15, -0.1) is 0 Å². The second-order valence-electron chi connectivity index (χ2n) is 6.72. The molecule has 1 N–H and O–H groups in total. The zero-order valence-corrected chi connectivity index (χ0v) is 15.8. The first-order valence-electron chi connectivity index (χ1n) is 9.40. The minimum absolute atomic E-state index is 0.0930. The van der Waals surface area contributed by atoms with Gasteiger partial charge >= 0.3 is 0 Å². The first-order valence-corrected chi connectivity index (χ1v) is 9.40. The van der Waals surface area contributed by atoms with Crippen LogP contribution in [0, 0.1) is 0 Å². The van der Waals surface area contributed by atoms with Crippen molar-refractivity contribution in [1.82, 2.24) is 20.1 Å². The van der Waals surface area contributed by atoms with Crippen molar-refractivity contribution in [3.8, 4) is 0 Å². The number of rotatable bonds is 6. The van der Waals surface area contributed by atoms with Crippen molar-refractivity contribution in [2.75, 3.05) is 0 Å². The monoisotopic (exact) mass is 384 g/mol. The largest absolute Gasteiger partial charge is 0.350 e. The Bertz CT molecular complexity index is 1190. The highest BCUT2D eigenvalue weighted by atomic mass is 16.1. The molecule has 144 valence electrons. The van der Waals surface area contributed by atoms with Crippen molar-refractivity contribution in [3.05, 3.63) is 106 Å². The van der Waals surface area contributed by atoms with E-state index in [9.17, 15) is 9.59 Å². The molecule has 2 aromatic heterocycles. The fraction of sp³-hybridized carbons (Fsp3) is 0.130. The van der Waals surface area contributed by atoms with Gasteiger partial charge in [-0.1, -0.05) is 54.6 Å². The number of hydrogen-bond donors (Lipinski definition) is 1. The van der Waals surface area contributed by atoms with Crippen molar-refractivity contribution in [2.24, 2.45) is 0 Å². The molecule has 6 heteroatoms. The van der Waals surface area contributed by atoms with Gasteiger partial charge in [0.2, 0.25) is 5.91 Å². The van der Waals surface area contributed by atoms with Gasteiger partial charge in [-0.05, 0) is 23.8 Å². The molecule has 1 amide bonds. The molecule has 0 fully saturated rings. The average molecular weight is 384 g/mol. The van der Waals surface area contributed by atoms with Crippen molar-refractivity contribution < 1.29 is 4.79 Å². The number of carbonyl (C=O) groups is 1. The minimum Gasteiger partial charge on any atom is -0.350 e. The standard InChI is InChI=1S/C23H20N4O2/c28-22(14-17-8-2-1-3-9-17)25-15-21-19-11-4-5-12-20(19)23(29)27(26-21)16-18-10-6-7-13-24-18/h1-13H,14-16H2,(H,25,28). The van der Waals surface area contributed by atoms with Crippen molar-refractivity contribution >= 4 is 16.7 Å². The van der Waals surface area contributed by atoms with Gasteiger partial charge in [-0.25, -0.2) is 4.68 Å². The average Bonchev–Trinajstić information content (AvgIpc) is 2.76. The summed E-state index contributed by atoms with van der Waals surface area (Å²) in [6.07, 6.45) is 1.98. The van der Waals surface area contributed by atoms with Crippen LogP contribution < -0.4 is 10.9 Å². The Labute approximate surface area is 167 Å². The first-order chi connectivity index (χ1) is 14.2. The summed E-state index contributed by atoms with van der Waals surface area (Å²) >= 11 is 0. The van der Waals surface area contributed by atoms with E-state index in [1.54, 1.807) is 12.3 Å². The molecule has 0 bridgehead atoms. The van der Waals surface area contributed by atoms with Gasteiger partial charge in [0.25, 0.3) is 5.56 Å². The van der Waals surface area contributed by atoms with E-state index in [-0.39, 0.29) is 24.6 Å². The van der Waals surface area contributed by atoms with Gasteiger partial charge in [0, 0.05) is 11.6 Å². The van der Waals surface area contributed by atoms with Gasteiger partial charge in [-0.3, -0.25) is 14.6 Å². The first kappa shape index (κ1) is 18.6. The Balaban J connectivity index is 1.60. The third kappa shape index (κ3) is 4.38. The van der Waals surface area contributed by atoms with Crippen molar-refractivity contribution in [1.29, 1.82) is 0 Å². The molecular formula is C23H20N4O2. The van der Waals surface area contributed by atoms with Gasteiger partial charge < -0.3 is 5.32 Å². The van der Waals surface area contributed by atoms with E-state index in [2.05, 4.69) is 15.4 Å². The molecule has 4 rings (SSSR count). The topological polar surface area (TPSA) is 76.9 Å². The van der Waals surface area contributed by atoms with Crippen LogP contribution in [0.25, 0.3) is 10.8 Å². The zero-order valence-electron chi connectivity index (χ0n) is 15.8. The quantitative estimate of drug-likeness (QED) is 0.555. The predicted molar refractivity (Wildman–Crippen MR) is 111 cm³/mol. The Hall–Kier alpha value is -3.80. The number of nitrogens with zero attached hydrogens (tertiary/aromatic N) is 3. The lowest BCUT2D eigenvalue weighted by atomic mass is 10.1. The van der Waals surface area contributed by atoms with E-state index in [0.29, 0.717) is 17.5 Å². The summed E-state index contributed by atoms with van der Waals surface area (Å²) in [5.41, 5.74) is 2.17. The molecule has 0 saturated carbocycles. The van der Waals surface area contributed by atoms with Crippen LogP contribution >= 0.6 is 0 Å². The second-order valence-corrected chi connectivity index (χ2v) is 6.72. The van der Waals surface area contributed by atoms with E-state index < -0.39 is 0 Å². The van der Waals surface area contributed by atoms with E-state index in [4.69, 9.17) is 0 Å². The van der Waals surface area contributed by atoms with Crippen LogP contribution in [0.15, 0.2) is 83.8 Å². The number of aromatic nitrogens is 3. The maximum atomic E-state index is 12.8. The third-order valence-corrected chi connectivity index (χ3v) is 4.64. The van der Waals surface area contributed by atoms with Crippen LogP contribution in [0.5, 0.6) is 0 Å². The molecule has 0 radical (unpaired) electrons. The van der Waals surface area contributed by atoms with Crippen LogP contribution in [-0.2, 0) is 24.3 Å². The third-order valence-electron chi connectivity index (χ3n) is 4.64. The van der Waals surface area contributed by atoms with Crippen LogP contribution in [0.3, 0.4) is 0 Å². The Morgan fingerprint density at radius 1 is 0.897 bits per heavy atom. The number of pyridine rings is 1. The number of nitrogens with one attached hydrogen (secondary N) is 1. The summed E-state index contributed by atoms with van der Waals surface area (Å²) in [7, 11) is 0. The highest BCUT2D eigenvalue weighted by molar-refractivity contribution is 5.84. The molecule has 0 atom stereocenters. The minimum atomic E-state index is -0.175. The summed E-state index contributed by atoms with van der Waals surface area (Å²) in [5.74, 6) is -0.0930. The molecule has 0 saturated heterocycles. The zero-order chi connectivity index (χ0) is 20.1. The number of amides is 1. The van der Waals surface area contributed by atoms with Crippen molar-refractivity contribution in [3.63, 3.8) is 0 Å². The molecule has 0 spiro atoms. The van der Waals surface area contributed by atoms with Crippen LogP contribution in [0.1, 0.15) is 17.0 Å². The van der Waals surface area contributed by atoms with Crippen LogP contribution in [-0.4, -0.2) is 20.7 Å². The molecule has 0 unspecified atom stereocenters. The van der Waals surface area contributed by atoms with E-state index in [1.165, 1.54) is 4.68 Å². The molecule has 0 aliphatic heterocycles. The summed E-state index contributed by atoms with van der Waals surface area (Å²) in [6.45, 7) is 0.518. The fourth-order valence-electron chi connectivity index (χ4n) is 3.21. The summed E-state index contributed by atoms with van der Waals surface area (Å²) in [5, 5.41) is 8.76. The molecule has 29 heavy (non-hydrogen) atoms. The molecular weight excluding hydrogens is 364 g/mol. The molecule has 6 nitrogen and oxygen atoms in total. The summed E-state index contributed by atoms with van der Waals surface area (Å²) < 4.78 is 1.41. The normalized spacial score (nSPS) is 10.8. The molecule has 2 heterocycles. The van der Waals surface area contributed by atoms with E-state index in [0.717, 1.165) is 16.6 Å². The smallest absolute Gasteiger partial charge is 0.275 e. The Morgan fingerprint density at radius 3 is 2.38 bits per heavy atom. The lowest BCUT2D eigenvalue weighted by Crippen LogP contribution is -2.29.